The molecule has 1 aromatic carbocycles. The minimum atomic E-state index is 0.0635. The zero-order chi connectivity index (χ0) is 12.5. The van der Waals surface area contributed by atoms with E-state index in [0.29, 0.717) is 10.3 Å². The maximum Gasteiger partial charge on any atom is 0.227 e. The van der Waals surface area contributed by atoms with Crippen molar-refractivity contribution in [3.05, 3.63) is 34.8 Å². The van der Waals surface area contributed by atoms with Crippen molar-refractivity contribution in [3.8, 4) is 0 Å². The zero-order valence-corrected chi connectivity index (χ0v) is 11.1. The molecule has 0 spiro atoms. The molecule has 1 N–H and O–H groups in total. The summed E-state index contributed by atoms with van der Waals surface area (Å²) < 4.78 is 0. The van der Waals surface area contributed by atoms with Gasteiger partial charge in [-0.15, -0.1) is 0 Å². The summed E-state index contributed by atoms with van der Waals surface area (Å²) in [7, 11) is 0. The van der Waals surface area contributed by atoms with Crippen molar-refractivity contribution in [3.63, 3.8) is 0 Å². The molecule has 3 rings (SSSR count). The molecule has 0 saturated carbocycles. The molecule has 0 bridgehead atoms. The van der Waals surface area contributed by atoms with Crippen LogP contribution in [0, 0.1) is 0 Å². The average Bonchev–Trinajstić information content (AvgIpc) is 2.69. The SMILES string of the molecule is Clc1nc(Cl)nc(Sc2nc3ccccc3[nH]2)n1. The molecule has 90 valence electrons. The maximum atomic E-state index is 5.70. The summed E-state index contributed by atoms with van der Waals surface area (Å²) in [6, 6.07) is 7.73. The van der Waals surface area contributed by atoms with Gasteiger partial charge in [-0.1, -0.05) is 12.1 Å². The highest BCUT2D eigenvalue weighted by atomic mass is 35.5. The second kappa shape index (κ2) is 4.72. The van der Waals surface area contributed by atoms with Gasteiger partial charge in [-0.3, -0.25) is 0 Å². The fourth-order valence-corrected chi connectivity index (χ4v) is 2.62. The minimum Gasteiger partial charge on any atom is -0.333 e. The standard InChI is InChI=1S/C10H5Cl2N5S/c11-7-15-8(12)17-10(16-7)18-9-13-5-3-1-2-4-6(5)14-9/h1-4H,(H,13,14). The predicted molar refractivity (Wildman–Crippen MR) is 70.1 cm³/mol. The largest absolute Gasteiger partial charge is 0.333 e. The van der Waals surface area contributed by atoms with Gasteiger partial charge in [0.15, 0.2) is 5.16 Å². The lowest BCUT2D eigenvalue weighted by molar-refractivity contribution is 0.897. The number of nitrogens with one attached hydrogen (secondary N) is 1. The Balaban J connectivity index is 1.96. The third kappa shape index (κ3) is 2.40. The Morgan fingerprint density at radius 1 is 0.944 bits per heavy atom. The number of rotatable bonds is 2. The Bertz CT molecular complexity index is 661. The van der Waals surface area contributed by atoms with Crippen LogP contribution in [0.1, 0.15) is 0 Å². The summed E-state index contributed by atoms with van der Waals surface area (Å²) in [6.45, 7) is 0. The molecule has 0 saturated heterocycles. The molecule has 2 aromatic heterocycles. The van der Waals surface area contributed by atoms with Crippen LogP contribution in [-0.2, 0) is 0 Å². The van der Waals surface area contributed by atoms with Crippen molar-refractivity contribution in [2.75, 3.05) is 0 Å². The molecule has 0 aliphatic rings. The van der Waals surface area contributed by atoms with Crippen LogP contribution < -0.4 is 0 Å². The second-order valence-electron chi connectivity index (χ2n) is 3.32. The zero-order valence-electron chi connectivity index (χ0n) is 8.76. The van der Waals surface area contributed by atoms with Gasteiger partial charge < -0.3 is 4.98 Å². The molecule has 0 atom stereocenters. The normalized spacial score (nSPS) is 11.0. The van der Waals surface area contributed by atoms with Crippen molar-refractivity contribution in [1.82, 2.24) is 24.9 Å². The highest BCUT2D eigenvalue weighted by molar-refractivity contribution is 7.99. The van der Waals surface area contributed by atoms with Gasteiger partial charge in [-0.25, -0.2) is 4.98 Å². The molecule has 18 heavy (non-hydrogen) atoms. The van der Waals surface area contributed by atoms with E-state index in [1.165, 1.54) is 11.8 Å². The molecule has 0 unspecified atom stereocenters. The summed E-state index contributed by atoms with van der Waals surface area (Å²) in [5.74, 6) is 0. The molecule has 0 aliphatic heterocycles. The smallest absolute Gasteiger partial charge is 0.227 e. The summed E-state index contributed by atoms with van der Waals surface area (Å²) >= 11 is 12.7. The van der Waals surface area contributed by atoms with Gasteiger partial charge in [0.25, 0.3) is 0 Å². The van der Waals surface area contributed by atoms with E-state index in [1.807, 2.05) is 24.3 Å². The van der Waals surface area contributed by atoms with Crippen LogP contribution in [0.4, 0.5) is 0 Å². The first kappa shape index (κ1) is 11.7. The van der Waals surface area contributed by atoms with Gasteiger partial charge in [-0.2, -0.15) is 15.0 Å². The number of H-pyrrole nitrogens is 1. The molecule has 0 fully saturated rings. The van der Waals surface area contributed by atoms with E-state index in [0.717, 1.165) is 11.0 Å². The van der Waals surface area contributed by atoms with E-state index in [2.05, 4.69) is 24.9 Å². The Kier molecular flexibility index (Phi) is 3.07. The van der Waals surface area contributed by atoms with Crippen molar-refractivity contribution in [2.45, 2.75) is 10.3 Å². The second-order valence-corrected chi connectivity index (χ2v) is 4.95. The van der Waals surface area contributed by atoms with Crippen molar-refractivity contribution in [2.24, 2.45) is 0 Å². The van der Waals surface area contributed by atoms with E-state index < -0.39 is 0 Å². The summed E-state index contributed by atoms with van der Waals surface area (Å²) in [6.07, 6.45) is 0. The Hall–Kier alpha value is -1.37. The molecule has 3 aromatic rings. The van der Waals surface area contributed by atoms with Gasteiger partial charge in [0, 0.05) is 0 Å². The first-order valence-corrected chi connectivity index (χ1v) is 6.47. The number of benzene rings is 1. The molecule has 0 radical (unpaired) electrons. The maximum absolute atomic E-state index is 5.70. The first-order chi connectivity index (χ1) is 8.70. The minimum absolute atomic E-state index is 0.0635. The number of fused-ring (bicyclic) bond motifs is 1. The van der Waals surface area contributed by atoms with Gasteiger partial charge >= 0.3 is 0 Å². The number of aromatic nitrogens is 5. The van der Waals surface area contributed by atoms with Crippen LogP contribution in [0.25, 0.3) is 11.0 Å². The summed E-state index contributed by atoms with van der Waals surface area (Å²) in [5, 5.41) is 1.20. The number of hydrogen-bond donors (Lipinski definition) is 1. The van der Waals surface area contributed by atoms with Crippen molar-refractivity contribution >= 4 is 46.0 Å². The lowest BCUT2D eigenvalue weighted by Gasteiger charge is -1.96. The van der Waals surface area contributed by atoms with Gasteiger partial charge in [0.1, 0.15) is 0 Å². The van der Waals surface area contributed by atoms with Crippen LogP contribution >= 0.6 is 35.0 Å². The fraction of sp³-hybridized carbons (Fsp3) is 0. The van der Waals surface area contributed by atoms with E-state index >= 15 is 0 Å². The first-order valence-electron chi connectivity index (χ1n) is 4.90. The Labute approximate surface area is 116 Å². The van der Waals surface area contributed by atoms with Gasteiger partial charge in [-0.05, 0) is 47.1 Å². The van der Waals surface area contributed by atoms with Crippen LogP contribution in [0.2, 0.25) is 10.6 Å². The van der Waals surface area contributed by atoms with E-state index in [4.69, 9.17) is 23.2 Å². The quantitative estimate of drug-likeness (QED) is 0.787. The fourth-order valence-electron chi connectivity index (χ4n) is 1.42. The summed E-state index contributed by atoms with van der Waals surface area (Å²) in [5.41, 5.74) is 1.83. The number of halogens is 2. The summed E-state index contributed by atoms with van der Waals surface area (Å²) in [4.78, 5) is 19.1. The average molecular weight is 298 g/mol. The molecular weight excluding hydrogens is 293 g/mol. The third-order valence-corrected chi connectivity index (χ3v) is 3.21. The Morgan fingerprint density at radius 3 is 2.39 bits per heavy atom. The number of imidazole rings is 1. The molecular formula is C10H5Cl2N5S. The van der Waals surface area contributed by atoms with E-state index in [-0.39, 0.29) is 10.6 Å². The van der Waals surface area contributed by atoms with Gasteiger partial charge in [0.2, 0.25) is 15.7 Å². The monoisotopic (exact) mass is 297 g/mol. The van der Waals surface area contributed by atoms with E-state index in [9.17, 15) is 0 Å². The molecule has 0 aliphatic carbocycles. The highest BCUT2D eigenvalue weighted by Gasteiger charge is 2.08. The predicted octanol–water partition coefficient (Wildman–Crippen LogP) is 3.21. The van der Waals surface area contributed by atoms with Crippen molar-refractivity contribution in [1.29, 1.82) is 0 Å². The topological polar surface area (TPSA) is 67.3 Å². The number of para-hydroxylation sites is 2. The van der Waals surface area contributed by atoms with Gasteiger partial charge in [0.05, 0.1) is 11.0 Å². The molecule has 8 heteroatoms. The number of aromatic amines is 1. The number of nitrogens with zero attached hydrogens (tertiary/aromatic N) is 4. The van der Waals surface area contributed by atoms with Crippen LogP contribution in [-0.4, -0.2) is 24.9 Å². The van der Waals surface area contributed by atoms with Crippen molar-refractivity contribution < 1.29 is 0 Å². The van der Waals surface area contributed by atoms with E-state index in [1.54, 1.807) is 0 Å². The van der Waals surface area contributed by atoms with Crippen LogP contribution in [0.5, 0.6) is 0 Å². The molecule has 5 nitrogen and oxygen atoms in total. The lowest BCUT2D eigenvalue weighted by atomic mass is 10.3. The lowest BCUT2D eigenvalue weighted by Crippen LogP contribution is -1.92. The van der Waals surface area contributed by atoms with Crippen LogP contribution in [0.15, 0.2) is 34.6 Å². The Morgan fingerprint density at radius 2 is 1.67 bits per heavy atom. The third-order valence-electron chi connectivity index (χ3n) is 2.12. The molecule has 2 heterocycles. The number of hydrogen-bond acceptors (Lipinski definition) is 5. The molecule has 0 amide bonds. The highest BCUT2D eigenvalue weighted by Crippen LogP contribution is 2.25. The van der Waals surface area contributed by atoms with Crippen LogP contribution in [0.3, 0.4) is 0 Å².